The normalized spacial score (nSPS) is 23.3. The Morgan fingerprint density at radius 2 is 2.26 bits per heavy atom. The van der Waals surface area contributed by atoms with Gasteiger partial charge in [-0.05, 0) is 19.3 Å². The van der Waals surface area contributed by atoms with Gasteiger partial charge >= 0.3 is 0 Å². The van der Waals surface area contributed by atoms with Crippen molar-refractivity contribution in [3.05, 3.63) is 22.7 Å². The van der Waals surface area contributed by atoms with Crippen molar-refractivity contribution in [1.82, 2.24) is 9.55 Å². The maximum atomic E-state index is 12.2. The van der Waals surface area contributed by atoms with E-state index in [-0.39, 0.29) is 24.1 Å². The largest absolute Gasteiger partial charge is 0.396 e. The van der Waals surface area contributed by atoms with Crippen LogP contribution in [0, 0.1) is 5.92 Å². The van der Waals surface area contributed by atoms with E-state index in [1.807, 2.05) is 6.92 Å². The van der Waals surface area contributed by atoms with E-state index in [0.717, 1.165) is 32.1 Å². The summed E-state index contributed by atoms with van der Waals surface area (Å²) < 4.78 is 1.69. The second-order valence-electron chi connectivity index (χ2n) is 5.25. The summed E-state index contributed by atoms with van der Waals surface area (Å²) in [4.78, 5) is 16.4. The summed E-state index contributed by atoms with van der Waals surface area (Å²) in [5, 5.41) is 12.6. The Bertz CT molecular complexity index is 458. The van der Waals surface area contributed by atoms with Gasteiger partial charge in [-0.2, -0.15) is 0 Å². The maximum absolute atomic E-state index is 12.2. The Hall–Kier alpha value is -1.36. The van der Waals surface area contributed by atoms with E-state index in [1.165, 1.54) is 0 Å². The quantitative estimate of drug-likeness (QED) is 0.849. The molecule has 1 saturated carbocycles. The fourth-order valence-corrected chi connectivity index (χ4v) is 2.76. The average molecular weight is 265 g/mol. The van der Waals surface area contributed by atoms with Crippen LogP contribution in [0.4, 0.5) is 5.82 Å². The second-order valence-corrected chi connectivity index (χ2v) is 5.25. The van der Waals surface area contributed by atoms with Gasteiger partial charge in [0.15, 0.2) is 5.82 Å². The highest BCUT2D eigenvalue weighted by Crippen LogP contribution is 2.25. The molecule has 1 aliphatic carbocycles. The Balaban J connectivity index is 2.13. The fourth-order valence-electron chi connectivity index (χ4n) is 2.76. The van der Waals surface area contributed by atoms with Crippen LogP contribution in [0.5, 0.6) is 0 Å². The van der Waals surface area contributed by atoms with Gasteiger partial charge in [0.05, 0.1) is 0 Å². The topological polar surface area (TPSA) is 67.2 Å². The van der Waals surface area contributed by atoms with Gasteiger partial charge < -0.3 is 15.0 Å². The number of hydrogen-bond acceptors (Lipinski definition) is 4. The summed E-state index contributed by atoms with van der Waals surface area (Å²) in [5.41, 5.74) is -0.0633. The molecular weight excluding hydrogens is 242 g/mol. The van der Waals surface area contributed by atoms with Crippen molar-refractivity contribution in [2.75, 3.05) is 11.9 Å². The zero-order valence-corrected chi connectivity index (χ0v) is 11.5. The molecule has 2 atom stereocenters. The number of nitrogens with one attached hydrogen (secondary N) is 1. The molecule has 1 aromatic rings. The van der Waals surface area contributed by atoms with Gasteiger partial charge in [0.25, 0.3) is 5.56 Å². The highest BCUT2D eigenvalue weighted by Gasteiger charge is 2.25. The third-order valence-electron chi connectivity index (χ3n) is 3.84. The molecule has 1 heterocycles. The monoisotopic (exact) mass is 265 g/mol. The Labute approximate surface area is 113 Å². The third kappa shape index (κ3) is 3.35. The Morgan fingerprint density at radius 3 is 3.00 bits per heavy atom. The lowest BCUT2D eigenvalue weighted by Crippen LogP contribution is -2.37. The Kier molecular flexibility index (Phi) is 4.96. The SMILES string of the molecule is CCCn1ccnc(NC2CCCCC2CO)c1=O. The van der Waals surface area contributed by atoms with E-state index >= 15 is 0 Å². The summed E-state index contributed by atoms with van der Waals surface area (Å²) in [5.74, 6) is 0.649. The minimum absolute atomic E-state index is 0.0633. The molecule has 0 aromatic carbocycles. The molecule has 2 rings (SSSR count). The molecule has 19 heavy (non-hydrogen) atoms. The number of aromatic nitrogens is 2. The van der Waals surface area contributed by atoms with Crippen LogP contribution in [0.15, 0.2) is 17.2 Å². The van der Waals surface area contributed by atoms with Crippen LogP contribution < -0.4 is 10.9 Å². The van der Waals surface area contributed by atoms with Crippen LogP contribution in [-0.4, -0.2) is 27.3 Å². The van der Waals surface area contributed by atoms with E-state index in [1.54, 1.807) is 17.0 Å². The van der Waals surface area contributed by atoms with Gasteiger partial charge in [-0.15, -0.1) is 0 Å². The predicted octanol–water partition coefficient (Wildman–Crippen LogP) is 1.62. The van der Waals surface area contributed by atoms with Gasteiger partial charge in [0, 0.05) is 37.5 Å². The third-order valence-corrected chi connectivity index (χ3v) is 3.84. The highest BCUT2D eigenvalue weighted by atomic mass is 16.3. The zero-order valence-electron chi connectivity index (χ0n) is 11.5. The van der Waals surface area contributed by atoms with Crippen molar-refractivity contribution in [3.63, 3.8) is 0 Å². The number of aryl methyl sites for hydroxylation is 1. The summed E-state index contributed by atoms with van der Waals surface area (Å²) in [7, 11) is 0. The highest BCUT2D eigenvalue weighted by molar-refractivity contribution is 5.32. The first-order valence-electron chi connectivity index (χ1n) is 7.19. The van der Waals surface area contributed by atoms with E-state index in [0.29, 0.717) is 12.4 Å². The Morgan fingerprint density at radius 1 is 1.47 bits per heavy atom. The molecule has 0 saturated heterocycles. The number of rotatable bonds is 5. The molecule has 5 nitrogen and oxygen atoms in total. The molecule has 0 spiro atoms. The summed E-state index contributed by atoms with van der Waals surface area (Å²) >= 11 is 0. The minimum atomic E-state index is -0.0633. The van der Waals surface area contributed by atoms with Crippen molar-refractivity contribution in [1.29, 1.82) is 0 Å². The number of nitrogens with zero attached hydrogens (tertiary/aromatic N) is 2. The number of aliphatic hydroxyl groups is 1. The summed E-state index contributed by atoms with van der Waals surface area (Å²) in [6.07, 6.45) is 8.62. The second kappa shape index (κ2) is 6.70. The maximum Gasteiger partial charge on any atom is 0.293 e. The minimum Gasteiger partial charge on any atom is -0.396 e. The number of aliphatic hydroxyl groups excluding tert-OH is 1. The smallest absolute Gasteiger partial charge is 0.293 e. The molecule has 2 unspecified atom stereocenters. The van der Waals surface area contributed by atoms with Crippen molar-refractivity contribution < 1.29 is 5.11 Å². The molecule has 2 N–H and O–H groups in total. The molecule has 0 radical (unpaired) electrons. The van der Waals surface area contributed by atoms with Crippen molar-refractivity contribution >= 4 is 5.82 Å². The van der Waals surface area contributed by atoms with Crippen LogP contribution in [0.3, 0.4) is 0 Å². The summed E-state index contributed by atoms with van der Waals surface area (Å²) in [6.45, 7) is 2.93. The van der Waals surface area contributed by atoms with Crippen LogP contribution in [-0.2, 0) is 6.54 Å². The molecular formula is C14H23N3O2. The van der Waals surface area contributed by atoms with Crippen LogP contribution in [0.2, 0.25) is 0 Å². The van der Waals surface area contributed by atoms with Crippen LogP contribution >= 0.6 is 0 Å². The molecule has 1 fully saturated rings. The van der Waals surface area contributed by atoms with Crippen molar-refractivity contribution in [2.24, 2.45) is 5.92 Å². The summed E-state index contributed by atoms with van der Waals surface area (Å²) in [6, 6.07) is 0.163. The first-order valence-corrected chi connectivity index (χ1v) is 7.19. The molecule has 1 aromatic heterocycles. The van der Waals surface area contributed by atoms with Crippen LogP contribution in [0.25, 0.3) is 0 Å². The first kappa shape index (κ1) is 14.1. The lowest BCUT2D eigenvalue weighted by Gasteiger charge is -2.31. The average Bonchev–Trinajstić information content (AvgIpc) is 2.44. The lowest BCUT2D eigenvalue weighted by molar-refractivity contribution is 0.178. The van der Waals surface area contributed by atoms with Crippen LogP contribution in [0.1, 0.15) is 39.0 Å². The molecule has 5 heteroatoms. The first-order chi connectivity index (χ1) is 9.26. The van der Waals surface area contributed by atoms with Gasteiger partial charge in [-0.25, -0.2) is 4.98 Å². The van der Waals surface area contributed by atoms with E-state index in [9.17, 15) is 9.90 Å². The molecule has 0 aliphatic heterocycles. The molecule has 0 bridgehead atoms. The predicted molar refractivity (Wildman–Crippen MR) is 75.2 cm³/mol. The number of hydrogen-bond donors (Lipinski definition) is 2. The van der Waals surface area contributed by atoms with Gasteiger partial charge in [-0.3, -0.25) is 4.79 Å². The van der Waals surface area contributed by atoms with Crippen molar-refractivity contribution in [3.8, 4) is 0 Å². The number of anilines is 1. The van der Waals surface area contributed by atoms with E-state index in [4.69, 9.17) is 0 Å². The lowest BCUT2D eigenvalue weighted by atomic mass is 9.85. The van der Waals surface area contributed by atoms with Crippen molar-refractivity contribution in [2.45, 2.75) is 51.6 Å². The molecule has 1 aliphatic rings. The molecule has 0 amide bonds. The van der Waals surface area contributed by atoms with E-state index < -0.39 is 0 Å². The van der Waals surface area contributed by atoms with Gasteiger partial charge in [0.2, 0.25) is 0 Å². The van der Waals surface area contributed by atoms with Gasteiger partial charge in [0.1, 0.15) is 0 Å². The fraction of sp³-hybridized carbons (Fsp3) is 0.714. The van der Waals surface area contributed by atoms with Gasteiger partial charge in [-0.1, -0.05) is 19.8 Å². The zero-order chi connectivity index (χ0) is 13.7. The molecule has 106 valence electrons. The van der Waals surface area contributed by atoms with E-state index in [2.05, 4.69) is 10.3 Å². The standard InChI is InChI=1S/C14H23N3O2/c1-2-8-17-9-7-15-13(14(17)19)16-12-6-4-3-5-11(12)10-18/h7,9,11-12,18H,2-6,8,10H2,1H3,(H,15,16).